The van der Waals surface area contributed by atoms with Gasteiger partial charge in [0.2, 0.25) is 0 Å². The van der Waals surface area contributed by atoms with E-state index >= 15 is 0 Å². The maximum absolute atomic E-state index is 12.6. The number of ether oxygens (including phenoxy) is 2. The number of halogens is 1. The summed E-state index contributed by atoms with van der Waals surface area (Å²) in [4.78, 5) is 43.9. The van der Waals surface area contributed by atoms with Crippen LogP contribution < -0.4 is 10.2 Å². The van der Waals surface area contributed by atoms with Gasteiger partial charge in [0, 0.05) is 64.2 Å². The molecule has 258 valence electrons. The van der Waals surface area contributed by atoms with Crippen molar-refractivity contribution in [3.05, 3.63) is 34.6 Å². The SMILES string of the molecule is CN(C)C(=O)c1nc2ccc(-c3cn(COCC[Si](C)(C)C)c4nc(N5C6CCC5CC(NC(=O)OC(C)(C)C)C6)cnc34)c(Cl)c2s1. The second kappa shape index (κ2) is 13.2. The number of thiazole rings is 1. The fraction of sp³-hybridized carbons (Fsp3) is 0.559. The highest BCUT2D eigenvalue weighted by molar-refractivity contribution is 7.21. The molecule has 14 heteroatoms. The molecular weight excluding hydrogens is 666 g/mol. The standard InChI is InChI=1S/C34H46ClN7O4SSi/c1-34(2,3)46-33(44)37-20-15-21-9-10-22(16-20)42(21)26-17-36-28-24(18-41(30(28)39-26)19-45-13-14-48(6,7)8)23-11-12-25-29(27(23)35)47-31(38-25)32(43)40(4)5/h11-12,17-18,20-22H,9-10,13-16,19H2,1-8H3,(H,37,44). The van der Waals surface area contributed by atoms with E-state index in [0.717, 1.165) is 64.5 Å². The van der Waals surface area contributed by atoms with Crippen LogP contribution in [0.5, 0.6) is 0 Å². The van der Waals surface area contributed by atoms with Crippen molar-refractivity contribution in [3.8, 4) is 11.1 Å². The van der Waals surface area contributed by atoms with Crippen LogP contribution in [-0.2, 0) is 16.2 Å². The lowest BCUT2D eigenvalue weighted by Crippen LogP contribution is -2.51. The molecule has 1 N–H and O–H groups in total. The van der Waals surface area contributed by atoms with Gasteiger partial charge in [-0.05, 0) is 58.6 Å². The van der Waals surface area contributed by atoms with Crippen LogP contribution in [-0.4, -0.2) is 88.9 Å². The van der Waals surface area contributed by atoms with Crippen LogP contribution in [0, 0.1) is 0 Å². The molecule has 2 atom stereocenters. The zero-order chi connectivity index (χ0) is 34.5. The highest BCUT2D eigenvalue weighted by Crippen LogP contribution is 2.42. The first-order valence-electron chi connectivity index (χ1n) is 16.6. The second-order valence-electron chi connectivity index (χ2n) is 15.4. The number of carbonyl (C=O) groups excluding carboxylic acids is 2. The van der Waals surface area contributed by atoms with Gasteiger partial charge in [-0.15, -0.1) is 11.3 Å². The fourth-order valence-corrected chi connectivity index (χ4v) is 8.75. The Hall–Kier alpha value is -3.26. The van der Waals surface area contributed by atoms with Gasteiger partial charge in [0.05, 0.1) is 21.4 Å². The Bertz CT molecular complexity index is 1830. The highest BCUT2D eigenvalue weighted by atomic mass is 35.5. The first kappa shape index (κ1) is 34.6. The van der Waals surface area contributed by atoms with Gasteiger partial charge in [-0.1, -0.05) is 37.3 Å². The first-order chi connectivity index (χ1) is 22.6. The molecule has 4 aromatic rings. The van der Waals surface area contributed by atoms with Gasteiger partial charge in [0.15, 0.2) is 10.7 Å². The van der Waals surface area contributed by atoms with E-state index in [-0.39, 0.29) is 30.1 Å². The molecule has 2 fully saturated rings. The van der Waals surface area contributed by atoms with Crippen molar-refractivity contribution in [1.82, 2.24) is 29.7 Å². The number of hydrogen-bond acceptors (Lipinski definition) is 9. The number of hydrogen-bond donors (Lipinski definition) is 1. The number of carbonyl (C=O) groups is 2. The number of nitrogens with one attached hydrogen (secondary N) is 1. The van der Waals surface area contributed by atoms with Crippen molar-refractivity contribution in [3.63, 3.8) is 0 Å². The molecule has 2 aliphatic rings. The van der Waals surface area contributed by atoms with Gasteiger partial charge in [0.1, 0.15) is 23.7 Å². The van der Waals surface area contributed by atoms with Crippen molar-refractivity contribution in [2.24, 2.45) is 0 Å². The minimum atomic E-state index is -1.26. The predicted octanol–water partition coefficient (Wildman–Crippen LogP) is 7.40. The number of piperidine rings is 1. The van der Waals surface area contributed by atoms with Crippen molar-refractivity contribution < 1.29 is 19.1 Å². The molecule has 2 bridgehead atoms. The van der Waals surface area contributed by atoms with E-state index < -0.39 is 13.7 Å². The van der Waals surface area contributed by atoms with Crippen LogP contribution in [0.25, 0.3) is 32.5 Å². The third-order valence-corrected chi connectivity index (χ3v) is 12.2. The number of fused-ring (bicyclic) bond motifs is 4. The van der Waals surface area contributed by atoms with Gasteiger partial charge >= 0.3 is 6.09 Å². The maximum Gasteiger partial charge on any atom is 0.407 e. The quantitative estimate of drug-likeness (QED) is 0.141. The minimum absolute atomic E-state index is 0.0536. The number of rotatable bonds is 9. The molecule has 1 aromatic carbocycles. The van der Waals surface area contributed by atoms with Crippen molar-refractivity contribution >= 4 is 70.2 Å². The third kappa shape index (κ3) is 7.34. The molecule has 2 amide bonds. The molecule has 2 aliphatic heterocycles. The van der Waals surface area contributed by atoms with E-state index in [0.29, 0.717) is 28.9 Å². The number of aromatic nitrogens is 4. The van der Waals surface area contributed by atoms with Crippen molar-refractivity contribution in [1.29, 1.82) is 0 Å². The summed E-state index contributed by atoms with van der Waals surface area (Å²) in [7, 11) is 2.16. The van der Waals surface area contributed by atoms with Crippen molar-refractivity contribution in [2.45, 2.75) is 103 Å². The number of amides is 2. The summed E-state index contributed by atoms with van der Waals surface area (Å²) in [6.07, 6.45) is 7.24. The van der Waals surface area contributed by atoms with Gasteiger partial charge in [-0.2, -0.15) is 0 Å². The predicted molar refractivity (Wildman–Crippen MR) is 195 cm³/mol. The summed E-state index contributed by atoms with van der Waals surface area (Å²) in [6, 6.07) is 5.45. The molecular formula is C34H46ClN7O4SSi. The van der Waals surface area contributed by atoms with E-state index in [9.17, 15) is 9.59 Å². The van der Waals surface area contributed by atoms with Gasteiger partial charge in [0.25, 0.3) is 5.91 Å². The number of anilines is 1. The Balaban J connectivity index is 1.32. The molecule has 0 radical (unpaired) electrons. The van der Waals surface area contributed by atoms with Crippen LogP contribution in [0.4, 0.5) is 10.6 Å². The molecule has 6 rings (SSSR count). The van der Waals surface area contributed by atoms with E-state index in [1.54, 1.807) is 14.1 Å². The zero-order valence-electron chi connectivity index (χ0n) is 29.1. The van der Waals surface area contributed by atoms with E-state index in [1.165, 1.54) is 16.2 Å². The Morgan fingerprint density at radius 2 is 1.81 bits per heavy atom. The maximum atomic E-state index is 12.6. The Morgan fingerprint density at radius 1 is 1.10 bits per heavy atom. The van der Waals surface area contributed by atoms with Crippen LogP contribution in [0.2, 0.25) is 30.7 Å². The average molecular weight is 712 g/mol. The molecule has 0 saturated carbocycles. The minimum Gasteiger partial charge on any atom is -0.444 e. The first-order valence-corrected chi connectivity index (χ1v) is 21.5. The van der Waals surface area contributed by atoms with Gasteiger partial charge < -0.3 is 29.2 Å². The normalized spacial score (nSPS) is 19.7. The number of alkyl carbamates (subject to hydrolysis) is 1. The van der Waals surface area contributed by atoms with Crippen LogP contribution >= 0.6 is 22.9 Å². The summed E-state index contributed by atoms with van der Waals surface area (Å²) < 4.78 is 14.5. The summed E-state index contributed by atoms with van der Waals surface area (Å²) in [6.45, 7) is 13.7. The van der Waals surface area contributed by atoms with E-state index in [1.807, 2.05) is 49.9 Å². The van der Waals surface area contributed by atoms with E-state index in [2.05, 4.69) is 34.8 Å². The highest BCUT2D eigenvalue weighted by Gasteiger charge is 2.42. The van der Waals surface area contributed by atoms with Crippen LogP contribution in [0.3, 0.4) is 0 Å². The summed E-state index contributed by atoms with van der Waals surface area (Å²) in [5.41, 5.74) is 3.27. The van der Waals surface area contributed by atoms with Crippen molar-refractivity contribution in [2.75, 3.05) is 25.6 Å². The molecule has 5 heterocycles. The lowest BCUT2D eigenvalue weighted by Gasteiger charge is -2.39. The van der Waals surface area contributed by atoms with Crippen LogP contribution in [0.1, 0.15) is 56.3 Å². The average Bonchev–Trinajstić information content (AvgIpc) is 3.66. The lowest BCUT2D eigenvalue weighted by molar-refractivity contribution is 0.0492. The van der Waals surface area contributed by atoms with Gasteiger partial charge in [-0.3, -0.25) is 4.79 Å². The Labute approximate surface area is 292 Å². The molecule has 48 heavy (non-hydrogen) atoms. The molecule has 2 saturated heterocycles. The summed E-state index contributed by atoms with van der Waals surface area (Å²) in [5.74, 6) is 0.674. The Kier molecular flexibility index (Phi) is 9.53. The summed E-state index contributed by atoms with van der Waals surface area (Å²) in [5, 5.41) is 4.03. The molecule has 11 nitrogen and oxygen atoms in total. The second-order valence-corrected chi connectivity index (χ2v) is 22.4. The summed E-state index contributed by atoms with van der Waals surface area (Å²) >= 11 is 8.36. The third-order valence-electron chi connectivity index (χ3n) is 8.88. The molecule has 0 aliphatic carbocycles. The topological polar surface area (TPSA) is 115 Å². The molecule has 3 aromatic heterocycles. The smallest absolute Gasteiger partial charge is 0.407 e. The Morgan fingerprint density at radius 3 is 2.46 bits per heavy atom. The molecule has 0 spiro atoms. The van der Waals surface area contributed by atoms with E-state index in [4.69, 9.17) is 31.0 Å². The number of benzene rings is 1. The zero-order valence-corrected chi connectivity index (χ0v) is 31.7. The monoisotopic (exact) mass is 711 g/mol. The number of nitrogens with zero attached hydrogens (tertiary/aromatic N) is 6. The lowest BCUT2D eigenvalue weighted by atomic mass is 9.97. The fourth-order valence-electron chi connectivity index (χ4n) is 6.59. The molecule has 2 unspecified atom stereocenters. The largest absolute Gasteiger partial charge is 0.444 e. The van der Waals surface area contributed by atoms with Gasteiger partial charge in [-0.25, -0.2) is 19.7 Å². The van der Waals surface area contributed by atoms with Crippen LogP contribution in [0.15, 0.2) is 24.5 Å².